The van der Waals surface area contributed by atoms with E-state index in [9.17, 15) is 4.79 Å². The number of carbonyl (C=O) groups is 1. The lowest BCUT2D eigenvalue weighted by Gasteiger charge is -2.14. The molecule has 1 atom stereocenters. The molecule has 1 aliphatic rings. The number of nitrogens with one attached hydrogen (secondary N) is 1. The van der Waals surface area contributed by atoms with Crippen molar-refractivity contribution in [2.75, 3.05) is 0 Å². The molecule has 0 aromatic rings. The van der Waals surface area contributed by atoms with Crippen LogP contribution in [0.1, 0.15) is 33.6 Å². The molecule has 0 aromatic carbocycles. The van der Waals surface area contributed by atoms with E-state index in [1.165, 1.54) is 12.8 Å². The highest BCUT2D eigenvalue weighted by Gasteiger charge is 2.26. The molecule has 11 heavy (non-hydrogen) atoms. The molecule has 0 aromatic heterocycles. The Bertz CT molecular complexity index is 150. The van der Waals surface area contributed by atoms with Gasteiger partial charge in [-0.05, 0) is 18.8 Å². The molecule has 2 heteroatoms. The van der Waals surface area contributed by atoms with Crippen molar-refractivity contribution in [1.29, 1.82) is 0 Å². The van der Waals surface area contributed by atoms with Gasteiger partial charge in [0.15, 0.2) is 0 Å². The van der Waals surface area contributed by atoms with Gasteiger partial charge < -0.3 is 5.32 Å². The maximum absolute atomic E-state index is 11.3. The van der Waals surface area contributed by atoms with Crippen LogP contribution in [0, 0.1) is 11.8 Å². The highest BCUT2D eigenvalue weighted by Crippen LogP contribution is 2.20. The number of hydrogen-bond donors (Lipinski definition) is 1. The normalized spacial score (nSPS) is 20.0. The van der Waals surface area contributed by atoms with Gasteiger partial charge >= 0.3 is 0 Å². The van der Waals surface area contributed by atoms with Gasteiger partial charge in [0.2, 0.25) is 5.91 Å². The average molecular weight is 155 g/mol. The SMILES string of the molecule is CC(C)[C@@H](C)C(=O)NC1CC1. The standard InChI is InChI=1S/C9H17NO/c1-6(2)7(3)9(11)10-8-4-5-8/h6-8H,4-5H2,1-3H3,(H,10,11)/t7-/m1/s1. The van der Waals surface area contributed by atoms with Crippen molar-refractivity contribution in [3.05, 3.63) is 0 Å². The van der Waals surface area contributed by atoms with Crippen molar-refractivity contribution in [2.45, 2.75) is 39.7 Å². The Labute approximate surface area is 68.4 Å². The number of carbonyl (C=O) groups excluding carboxylic acids is 1. The molecule has 0 radical (unpaired) electrons. The largest absolute Gasteiger partial charge is 0.353 e. The Balaban J connectivity index is 2.26. The second-order valence-electron chi connectivity index (χ2n) is 3.82. The fourth-order valence-electron chi connectivity index (χ4n) is 0.863. The summed E-state index contributed by atoms with van der Waals surface area (Å²) in [5, 5.41) is 3.00. The molecule has 1 N–H and O–H groups in total. The zero-order chi connectivity index (χ0) is 8.43. The fourth-order valence-corrected chi connectivity index (χ4v) is 0.863. The Kier molecular flexibility index (Phi) is 2.53. The summed E-state index contributed by atoms with van der Waals surface area (Å²) in [5.41, 5.74) is 0. The van der Waals surface area contributed by atoms with E-state index < -0.39 is 0 Å². The quantitative estimate of drug-likeness (QED) is 0.658. The minimum absolute atomic E-state index is 0.163. The van der Waals surface area contributed by atoms with Crippen molar-refractivity contribution in [2.24, 2.45) is 11.8 Å². The fraction of sp³-hybridized carbons (Fsp3) is 0.889. The van der Waals surface area contributed by atoms with Crippen LogP contribution < -0.4 is 5.32 Å². The van der Waals surface area contributed by atoms with Gasteiger partial charge in [0, 0.05) is 12.0 Å². The van der Waals surface area contributed by atoms with Gasteiger partial charge in [-0.15, -0.1) is 0 Å². The lowest BCUT2D eigenvalue weighted by molar-refractivity contribution is -0.125. The summed E-state index contributed by atoms with van der Waals surface area (Å²) in [7, 11) is 0. The van der Waals surface area contributed by atoms with Crippen molar-refractivity contribution in [1.82, 2.24) is 5.32 Å². The third kappa shape index (κ3) is 2.52. The third-order valence-electron chi connectivity index (χ3n) is 2.34. The summed E-state index contributed by atoms with van der Waals surface area (Å²) in [4.78, 5) is 11.3. The molecule has 1 amide bonds. The summed E-state index contributed by atoms with van der Waals surface area (Å²) in [6, 6.07) is 0.503. The first-order chi connectivity index (χ1) is 5.11. The van der Waals surface area contributed by atoms with Crippen LogP contribution in [-0.2, 0) is 4.79 Å². The molecule has 0 saturated heterocycles. The predicted molar refractivity (Wildman–Crippen MR) is 45.2 cm³/mol. The summed E-state index contributed by atoms with van der Waals surface area (Å²) in [6.07, 6.45) is 2.35. The Hall–Kier alpha value is -0.530. The van der Waals surface area contributed by atoms with Crippen molar-refractivity contribution in [3.63, 3.8) is 0 Å². The van der Waals surface area contributed by atoms with Crippen LogP contribution in [-0.4, -0.2) is 11.9 Å². The molecular formula is C9H17NO. The first-order valence-electron chi connectivity index (χ1n) is 4.41. The van der Waals surface area contributed by atoms with E-state index in [2.05, 4.69) is 19.2 Å². The van der Waals surface area contributed by atoms with E-state index in [1.807, 2.05) is 6.92 Å². The molecule has 0 aliphatic heterocycles. The smallest absolute Gasteiger partial charge is 0.223 e. The van der Waals surface area contributed by atoms with E-state index in [-0.39, 0.29) is 11.8 Å². The highest BCUT2D eigenvalue weighted by atomic mass is 16.2. The van der Waals surface area contributed by atoms with Crippen LogP contribution in [0.4, 0.5) is 0 Å². The van der Waals surface area contributed by atoms with Crippen LogP contribution in [0.2, 0.25) is 0 Å². The van der Waals surface area contributed by atoms with E-state index in [0.717, 1.165) is 0 Å². The zero-order valence-corrected chi connectivity index (χ0v) is 7.55. The number of amides is 1. The average Bonchev–Trinajstić information content (AvgIpc) is 2.69. The Morgan fingerprint density at radius 3 is 2.27 bits per heavy atom. The van der Waals surface area contributed by atoms with Gasteiger partial charge in [0.05, 0.1) is 0 Å². The molecule has 0 unspecified atom stereocenters. The summed E-state index contributed by atoms with van der Waals surface area (Å²) >= 11 is 0. The molecular weight excluding hydrogens is 138 g/mol. The lowest BCUT2D eigenvalue weighted by atomic mass is 9.97. The minimum Gasteiger partial charge on any atom is -0.353 e. The van der Waals surface area contributed by atoms with Gasteiger partial charge in [-0.2, -0.15) is 0 Å². The van der Waals surface area contributed by atoms with Crippen LogP contribution in [0.5, 0.6) is 0 Å². The molecule has 1 fully saturated rings. The summed E-state index contributed by atoms with van der Waals surface area (Å²) in [6.45, 7) is 6.15. The Morgan fingerprint density at radius 2 is 1.91 bits per heavy atom. The number of hydrogen-bond acceptors (Lipinski definition) is 1. The maximum Gasteiger partial charge on any atom is 0.223 e. The molecule has 1 rings (SSSR count). The van der Waals surface area contributed by atoms with Gasteiger partial charge in [-0.3, -0.25) is 4.79 Å². The molecule has 64 valence electrons. The van der Waals surface area contributed by atoms with Crippen LogP contribution >= 0.6 is 0 Å². The predicted octanol–water partition coefficient (Wildman–Crippen LogP) is 1.56. The molecule has 0 spiro atoms. The first-order valence-corrected chi connectivity index (χ1v) is 4.41. The Morgan fingerprint density at radius 1 is 1.36 bits per heavy atom. The summed E-state index contributed by atoms with van der Waals surface area (Å²) in [5.74, 6) is 0.840. The molecule has 1 saturated carbocycles. The zero-order valence-electron chi connectivity index (χ0n) is 7.55. The van der Waals surface area contributed by atoms with Crippen molar-refractivity contribution in [3.8, 4) is 0 Å². The second kappa shape index (κ2) is 3.24. The third-order valence-corrected chi connectivity index (χ3v) is 2.34. The van der Waals surface area contributed by atoms with Crippen LogP contribution in [0.15, 0.2) is 0 Å². The summed E-state index contributed by atoms with van der Waals surface area (Å²) < 4.78 is 0. The van der Waals surface area contributed by atoms with Gasteiger partial charge in [0.1, 0.15) is 0 Å². The van der Waals surface area contributed by atoms with Crippen molar-refractivity contribution < 1.29 is 4.79 Å². The molecule has 2 nitrogen and oxygen atoms in total. The topological polar surface area (TPSA) is 29.1 Å². The number of rotatable bonds is 3. The first kappa shape index (κ1) is 8.57. The van der Waals surface area contributed by atoms with Gasteiger partial charge in [0.25, 0.3) is 0 Å². The highest BCUT2D eigenvalue weighted by molar-refractivity contribution is 5.79. The lowest BCUT2D eigenvalue weighted by Crippen LogP contribution is -2.33. The van der Waals surface area contributed by atoms with E-state index in [0.29, 0.717) is 12.0 Å². The van der Waals surface area contributed by atoms with Crippen molar-refractivity contribution >= 4 is 5.91 Å². The van der Waals surface area contributed by atoms with E-state index in [1.54, 1.807) is 0 Å². The minimum atomic E-state index is 0.163. The molecule has 0 bridgehead atoms. The van der Waals surface area contributed by atoms with Gasteiger partial charge in [-0.1, -0.05) is 20.8 Å². The molecule has 0 heterocycles. The maximum atomic E-state index is 11.3. The van der Waals surface area contributed by atoms with E-state index >= 15 is 0 Å². The monoisotopic (exact) mass is 155 g/mol. The van der Waals surface area contributed by atoms with Crippen LogP contribution in [0.3, 0.4) is 0 Å². The second-order valence-corrected chi connectivity index (χ2v) is 3.82. The van der Waals surface area contributed by atoms with E-state index in [4.69, 9.17) is 0 Å². The van der Waals surface area contributed by atoms with Gasteiger partial charge in [-0.25, -0.2) is 0 Å². The molecule has 1 aliphatic carbocycles. The van der Waals surface area contributed by atoms with Crippen LogP contribution in [0.25, 0.3) is 0 Å².